The number of carbonyl (C=O) groups excluding carboxylic acids is 4. The molecule has 1 N–H and O–H groups in total. The predicted molar refractivity (Wildman–Crippen MR) is 131 cm³/mol. The van der Waals surface area contributed by atoms with Crippen molar-refractivity contribution in [3.63, 3.8) is 0 Å². The minimum atomic E-state index is -0.776. The highest BCUT2D eigenvalue weighted by molar-refractivity contribution is 6.00. The summed E-state index contributed by atoms with van der Waals surface area (Å²) < 4.78 is 16.1. The van der Waals surface area contributed by atoms with Gasteiger partial charge in [-0.1, -0.05) is 0 Å². The van der Waals surface area contributed by atoms with Crippen LogP contribution < -0.4 is 10.1 Å². The van der Waals surface area contributed by atoms with Crippen LogP contribution in [0.2, 0.25) is 0 Å². The Bertz CT molecular complexity index is 1100. The first-order valence-corrected chi connectivity index (χ1v) is 12.2. The van der Waals surface area contributed by atoms with Gasteiger partial charge in [-0.25, -0.2) is 4.79 Å². The van der Waals surface area contributed by atoms with E-state index < -0.39 is 18.7 Å². The minimum Gasteiger partial charge on any atom is -0.494 e. The van der Waals surface area contributed by atoms with Crippen LogP contribution in [-0.2, 0) is 19.1 Å². The van der Waals surface area contributed by atoms with Crippen molar-refractivity contribution in [1.82, 2.24) is 4.90 Å². The highest BCUT2D eigenvalue weighted by atomic mass is 16.5. The van der Waals surface area contributed by atoms with Crippen LogP contribution in [0, 0.1) is 0 Å². The normalized spacial score (nSPS) is 19.2. The van der Waals surface area contributed by atoms with Gasteiger partial charge in [0, 0.05) is 17.8 Å². The van der Waals surface area contributed by atoms with Crippen LogP contribution >= 0.6 is 0 Å². The number of piperidine rings is 1. The summed E-state index contributed by atoms with van der Waals surface area (Å²) in [4.78, 5) is 51.6. The van der Waals surface area contributed by atoms with Gasteiger partial charge in [0.25, 0.3) is 5.91 Å². The molecule has 2 heterocycles. The van der Waals surface area contributed by atoms with Gasteiger partial charge in [0.2, 0.25) is 5.91 Å². The van der Waals surface area contributed by atoms with Gasteiger partial charge in [0.05, 0.1) is 31.2 Å². The quantitative estimate of drug-likeness (QED) is 0.421. The number of carbonyl (C=O) groups is 4. The summed E-state index contributed by atoms with van der Waals surface area (Å²) in [5.74, 6) is -0.791. The van der Waals surface area contributed by atoms with Crippen LogP contribution in [0.25, 0.3) is 0 Å². The Kier molecular flexibility index (Phi) is 8.32. The summed E-state index contributed by atoms with van der Waals surface area (Å²) >= 11 is 0. The van der Waals surface area contributed by atoms with Crippen LogP contribution in [0.15, 0.2) is 48.5 Å². The first kappa shape index (κ1) is 25.4. The molecule has 0 aliphatic carbocycles. The largest absolute Gasteiger partial charge is 0.494 e. The summed E-state index contributed by atoms with van der Waals surface area (Å²) in [7, 11) is 0. The Morgan fingerprint density at radius 3 is 2.47 bits per heavy atom. The van der Waals surface area contributed by atoms with Gasteiger partial charge >= 0.3 is 5.97 Å². The Morgan fingerprint density at radius 2 is 1.75 bits per heavy atom. The van der Waals surface area contributed by atoms with E-state index in [-0.39, 0.29) is 35.6 Å². The molecule has 2 amide bonds. The number of nitrogens with one attached hydrogen (secondary N) is 1. The van der Waals surface area contributed by atoms with Gasteiger partial charge in [-0.15, -0.1) is 0 Å². The van der Waals surface area contributed by atoms with E-state index in [1.165, 1.54) is 12.1 Å². The molecule has 36 heavy (non-hydrogen) atoms. The summed E-state index contributed by atoms with van der Waals surface area (Å²) in [6.45, 7) is 3.19. The van der Waals surface area contributed by atoms with Crippen LogP contribution in [0.4, 0.5) is 5.69 Å². The lowest BCUT2D eigenvalue weighted by atomic mass is 9.99. The fraction of sp³-hybridized carbons (Fsp3) is 0.407. The third-order valence-corrected chi connectivity index (χ3v) is 6.27. The van der Waals surface area contributed by atoms with Crippen molar-refractivity contribution in [2.24, 2.45) is 0 Å². The molecule has 0 saturated carbocycles. The number of Topliss-reactive ketones (excluding diaryl/α,β-unsaturated/α-hetero) is 1. The highest BCUT2D eigenvalue weighted by Gasteiger charge is 2.38. The monoisotopic (exact) mass is 494 g/mol. The van der Waals surface area contributed by atoms with Crippen molar-refractivity contribution in [3.05, 3.63) is 59.7 Å². The Morgan fingerprint density at radius 1 is 1.03 bits per heavy atom. The number of hydrogen-bond acceptors (Lipinski definition) is 7. The SMILES string of the molecule is CCOc1ccc(C(=O)COC(=O)c2ccc(NC(=O)CC3OCC4CCCCN4C3=O)cc2)cc1. The molecule has 2 aromatic carbocycles. The molecule has 2 aliphatic rings. The molecule has 190 valence electrons. The van der Waals surface area contributed by atoms with E-state index in [4.69, 9.17) is 14.2 Å². The molecule has 0 spiro atoms. The number of rotatable bonds is 9. The topological polar surface area (TPSA) is 111 Å². The number of fused-ring (bicyclic) bond motifs is 1. The lowest BCUT2D eigenvalue weighted by Crippen LogP contribution is -2.56. The van der Waals surface area contributed by atoms with Crippen LogP contribution in [-0.4, -0.2) is 67.0 Å². The van der Waals surface area contributed by atoms with E-state index >= 15 is 0 Å². The lowest BCUT2D eigenvalue weighted by Gasteiger charge is -2.41. The average Bonchev–Trinajstić information content (AvgIpc) is 2.90. The molecule has 2 fully saturated rings. The number of esters is 1. The maximum absolute atomic E-state index is 12.6. The van der Waals surface area contributed by atoms with E-state index in [1.807, 2.05) is 11.8 Å². The molecule has 4 rings (SSSR count). The first-order valence-electron chi connectivity index (χ1n) is 12.2. The zero-order valence-corrected chi connectivity index (χ0v) is 20.2. The number of anilines is 1. The number of ketones is 1. The van der Waals surface area contributed by atoms with Crippen molar-refractivity contribution >= 4 is 29.3 Å². The highest BCUT2D eigenvalue weighted by Crippen LogP contribution is 2.24. The number of nitrogens with zero attached hydrogens (tertiary/aromatic N) is 1. The standard InChI is InChI=1S/C27H30N2O7/c1-2-34-22-12-8-18(9-13-22)23(30)17-36-27(33)19-6-10-20(11-7-19)28-25(31)15-24-26(32)29-14-4-3-5-21(29)16-35-24/h6-13,21,24H,2-5,14-17H2,1H3,(H,28,31). The summed E-state index contributed by atoms with van der Waals surface area (Å²) in [6, 6.07) is 12.9. The van der Waals surface area contributed by atoms with E-state index in [9.17, 15) is 19.2 Å². The van der Waals surface area contributed by atoms with Crippen molar-refractivity contribution in [2.75, 3.05) is 31.7 Å². The van der Waals surface area contributed by atoms with E-state index in [2.05, 4.69) is 5.32 Å². The van der Waals surface area contributed by atoms with E-state index in [0.717, 1.165) is 19.3 Å². The third kappa shape index (κ3) is 6.28. The van der Waals surface area contributed by atoms with Gasteiger partial charge in [-0.3, -0.25) is 14.4 Å². The van der Waals surface area contributed by atoms with E-state index in [0.29, 0.717) is 36.8 Å². The average molecular weight is 495 g/mol. The van der Waals surface area contributed by atoms with Crippen LogP contribution in [0.1, 0.15) is 53.3 Å². The number of amides is 2. The number of benzene rings is 2. The van der Waals surface area contributed by atoms with Gasteiger partial charge < -0.3 is 24.4 Å². The Hall–Kier alpha value is -3.72. The Balaban J connectivity index is 1.24. The van der Waals surface area contributed by atoms with E-state index in [1.54, 1.807) is 36.4 Å². The minimum absolute atomic E-state index is 0.0699. The van der Waals surface area contributed by atoms with Crippen molar-refractivity contribution < 1.29 is 33.4 Å². The molecule has 2 atom stereocenters. The van der Waals surface area contributed by atoms with Gasteiger partial charge in [0.1, 0.15) is 11.9 Å². The van der Waals surface area contributed by atoms with Crippen molar-refractivity contribution in [1.29, 1.82) is 0 Å². The molecule has 9 heteroatoms. The Labute approximate surface area is 209 Å². The molecular weight excluding hydrogens is 464 g/mol. The van der Waals surface area contributed by atoms with Gasteiger partial charge in [0.15, 0.2) is 12.4 Å². The van der Waals surface area contributed by atoms with Gasteiger partial charge in [-0.2, -0.15) is 0 Å². The predicted octanol–water partition coefficient (Wildman–Crippen LogP) is 3.23. The molecule has 2 aromatic rings. The first-order chi connectivity index (χ1) is 17.4. The second-order valence-corrected chi connectivity index (χ2v) is 8.79. The zero-order valence-electron chi connectivity index (χ0n) is 20.2. The number of morpholine rings is 1. The second kappa shape index (κ2) is 11.8. The maximum Gasteiger partial charge on any atom is 0.338 e. The number of ether oxygens (including phenoxy) is 3. The molecule has 2 aliphatic heterocycles. The molecule has 2 unspecified atom stereocenters. The molecule has 0 bridgehead atoms. The summed E-state index contributed by atoms with van der Waals surface area (Å²) in [5, 5.41) is 2.73. The third-order valence-electron chi connectivity index (χ3n) is 6.27. The summed E-state index contributed by atoms with van der Waals surface area (Å²) in [6.07, 6.45) is 2.16. The van der Waals surface area contributed by atoms with Crippen LogP contribution in [0.3, 0.4) is 0 Å². The maximum atomic E-state index is 12.6. The fourth-order valence-corrected chi connectivity index (χ4v) is 4.37. The smallest absolute Gasteiger partial charge is 0.338 e. The lowest BCUT2D eigenvalue weighted by molar-refractivity contribution is -0.163. The molecular formula is C27H30N2O7. The molecule has 9 nitrogen and oxygen atoms in total. The van der Waals surface area contributed by atoms with Crippen molar-refractivity contribution in [3.8, 4) is 5.75 Å². The molecule has 0 radical (unpaired) electrons. The molecule has 2 saturated heterocycles. The fourth-order valence-electron chi connectivity index (χ4n) is 4.37. The van der Waals surface area contributed by atoms with Crippen molar-refractivity contribution in [2.45, 2.75) is 44.8 Å². The molecule has 0 aromatic heterocycles. The van der Waals surface area contributed by atoms with Gasteiger partial charge in [-0.05, 0) is 74.7 Å². The second-order valence-electron chi connectivity index (χ2n) is 8.79. The van der Waals surface area contributed by atoms with Crippen LogP contribution in [0.5, 0.6) is 5.75 Å². The zero-order chi connectivity index (χ0) is 25.5. The summed E-state index contributed by atoms with van der Waals surface area (Å²) in [5.41, 5.74) is 1.14. The number of hydrogen-bond donors (Lipinski definition) is 1.